The average molecular weight is 246 g/mol. The third kappa shape index (κ3) is 2.98. The van der Waals surface area contributed by atoms with Gasteiger partial charge in [0.15, 0.2) is 0 Å². The van der Waals surface area contributed by atoms with Crippen LogP contribution in [0, 0.1) is 0 Å². The Morgan fingerprint density at radius 2 is 2.06 bits per heavy atom. The van der Waals surface area contributed by atoms with Gasteiger partial charge in [-0.15, -0.1) is 0 Å². The Labute approximate surface area is 97.0 Å². The first-order valence-corrected chi connectivity index (χ1v) is 5.43. The van der Waals surface area contributed by atoms with Crippen LogP contribution in [0.15, 0.2) is 24.3 Å². The van der Waals surface area contributed by atoms with Gasteiger partial charge < -0.3 is 9.84 Å². The molecule has 1 N–H and O–H groups in total. The predicted octanol–water partition coefficient (Wildman–Crippen LogP) is 2.92. The van der Waals surface area contributed by atoms with Gasteiger partial charge in [0.25, 0.3) is 0 Å². The van der Waals surface area contributed by atoms with Crippen molar-refractivity contribution < 1.29 is 23.0 Å². The summed E-state index contributed by atoms with van der Waals surface area (Å²) in [6.45, 7) is 0.377. The molecule has 0 amide bonds. The second kappa shape index (κ2) is 4.66. The summed E-state index contributed by atoms with van der Waals surface area (Å²) in [5.74, 6) is 0. The van der Waals surface area contributed by atoms with Gasteiger partial charge in [0.1, 0.15) is 0 Å². The number of rotatable bonds is 1. The van der Waals surface area contributed by atoms with Crippen LogP contribution in [-0.2, 0) is 10.9 Å². The number of ether oxygens (including phenoxy) is 1. The molecular formula is C12H13F3O2. The van der Waals surface area contributed by atoms with Gasteiger partial charge in [-0.1, -0.05) is 12.1 Å². The summed E-state index contributed by atoms with van der Waals surface area (Å²) in [7, 11) is 0. The highest BCUT2D eigenvalue weighted by Crippen LogP contribution is 2.33. The van der Waals surface area contributed by atoms with E-state index < -0.39 is 23.9 Å². The van der Waals surface area contributed by atoms with Gasteiger partial charge in [-0.3, -0.25) is 0 Å². The lowest BCUT2D eigenvalue weighted by Crippen LogP contribution is -2.23. The number of alkyl halides is 3. The van der Waals surface area contributed by atoms with Crippen LogP contribution in [0.2, 0.25) is 0 Å². The molecule has 0 saturated carbocycles. The van der Waals surface area contributed by atoms with Gasteiger partial charge >= 0.3 is 6.18 Å². The molecule has 2 nitrogen and oxygen atoms in total. The van der Waals surface area contributed by atoms with Crippen molar-refractivity contribution in [3.05, 3.63) is 35.4 Å². The summed E-state index contributed by atoms with van der Waals surface area (Å²) in [5, 5.41) is 9.47. The lowest BCUT2D eigenvalue weighted by molar-refractivity contribution is -0.137. The SMILES string of the molecule is OC1CCOC(c2cccc(C(F)(F)F)c2)C1. The molecule has 1 aliphatic rings. The first-order chi connectivity index (χ1) is 7.97. The van der Waals surface area contributed by atoms with E-state index in [1.165, 1.54) is 6.07 Å². The van der Waals surface area contributed by atoms with Crippen LogP contribution < -0.4 is 0 Å². The molecule has 1 aromatic rings. The zero-order chi connectivity index (χ0) is 12.5. The van der Waals surface area contributed by atoms with Gasteiger partial charge in [0, 0.05) is 13.0 Å². The van der Waals surface area contributed by atoms with Crippen molar-refractivity contribution in [1.29, 1.82) is 0 Å². The van der Waals surface area contributed by atoms with E-state index in [2.05, 4.69) is 0 Å². The Kier molecular flexibility index (Phi) is 3.40. The van der Waals surface area contributed by atoms with E-state index in [0.29, 0.717) is 25.0 Å². The van der Waals surface area contributed by atoms with Crippen LogP contribution in [0.3, 0.4) is 0 Å². The maximum Gasteiger partial charge on any atom is 0.416 e. The van der Waals surface area contributed by atoms with Gasteiger partial charge in [-0.05, 0) is 24.1 Å². The molecule has 1 heterocycles. The van der Waals surface area contributed by atoms with Crippen molar-refractivity contribution in [3.8, 4) is 0 Å². The smallest absolute Gasteiger partial charge is 0.393 e. The maximum atomic E-state index is 12.5. The average Bonchev–Trinajstić information content (AvgIpc) is 2.28. The molecule has 2 rings (SSSR count). The minimum absolute atomic E-state index is 0.349. The van der Waals surface area contributed by atoms with Crippen LogP contribution in [0.4, 0.5) is 13.2 Å². The molecule has 2 unspecified atom stereocenters. The number of aliphatic hydroxyl groups is 1. The Balaban J connectivity index is 2.21. The third-order valence-corrected chi connectivity index (χ3v) is 2.84. The third-order valence-electron chi connectivity index (χ3n) is 2.84. The van der Waals surface area contributed by atoms with Crippen molar-refractivity contribution in [2.24, 2.45) is 0 Å². The number of hydrogen-bond donors (Lipinski definition) is 1. The summed E-state index contributed by atoms with van der Waals surface area (Å²) in [4.78, 5) is 0. The Hall–Kier alpha value is -1.07. The molecule has 2 atom stereocenters. The van der Waals surface area contributed by atoms with Crippen LogP contribution in [-0.4, -0.2) is 17.8 Å². The van der Waals surface area contributed by atoms with Gasteiger partial charge in [-0.25, -0.2) is 0 Å². The van der Waals surface area contributed by atoms with E-state index in [9.17, 15) is 18.3 Å². The van der Waals surface area contributed by atoms with Crippen molar-refractivity contribution in [3.63, 3.8) is 0 Å². The zero-order valence-corrected chi connectivity index (χ0v) is 9.07. The van der Waals surface area contributed by atoms with Gasteiger partial charge in [-0.2, -0.15) is 13.2 Å². The number of halogens is 3. The lowest BCUT2D eigenvalue weighted by Gasteiger charge is -2.27. The molecule has 17 heavy (non-hydrogen) atoms. The number of benzene rings is 1. The van der Waals surface area contributed by atoms with Crippen molar-refractivity contribution in [2.75, 3.05) is 6.61 Å². The molecule has 5 heteroatoms. The highest BCUT2D eigenvalue weighted by atomic mass is 19.4. The minimum atomic E-state index is -4.34. The first kappa shape index (κ1) is 12.4. The molecule has 0 aromatic heterocycles. The predicted molar refractivity (Wildman–Crippen MR) is 55.4 cm³/mol. The van der Waals surface area contributed by atoms with Crippen molar-refractivity contribution >= 4 is 0 Å². The fraction of sp³-hybridized carbons (Fsp3) is 0.500. The summed E-state index contributed by atoms with van der Waals surface area (Å²) < 4.78 is 42.9. The molecule has 0 aliphatic carbocycles. The molecule has 0 bridgehead atoms. The fourth-order valence-corrected chi connectivity index (χ4v) is 1.93. The quantitative estimate of drug-likeness (QED) is 0.825. The van der Waals surface area contributed by atoms with Crippen molar-refractivity contribution in [1.82, 2.24) is 0 Å². The van der Waals surface area contributed by atoms with Gasteiger partial charge in [0.2, 0.25) is 0 Å². The number of aliphatic hydroxyl groups excluding tert-OH is 1. The molecule has 1 fully saturated rings. The molecule has 0 radical (unpaired) electrons. The summed E-state index contributed by atoms with van der Waals surface area (Å²) >= 11 is 0. The van der Waals surface area contributed by atoms with Crippen LogP contribution in [0.5, 0.6) is 0 Å². The molecule has 0 spiro atoms. The molecule has 1 aromatic carbocycles. The Bertz CT molecular complexity index is 390. The monoisotopic (exact) mass is 246 g/mol. The largest absolute Gasteiger partial charge is 0.416 e. The van der Waals surface area contributed by atoms with E-state index in [1.54, 1.807) is 6.07 Å². The normalized spacial score (nSPS) is 25.9. The minimum Gasteiger partial charge on any atom is -0.393 e. The van der Waals surface area contributed by atoms with Crippen LogP contribution >= 0.6 is 0 Å². The highest BCUT2D eigenvalue weighted by molar-refractivity contribution is 5.27. The number of hydrogen-bond acceptors (Lipinski definition) is 2. The molecule has 94 valence electrons. The molecule has 1 saturated heterocycles. The first-order valence-electron chi connectivity index (χ1n) is 5.43. The summed E-state index contributed by atoms with van der Waals surface area (Å²) in [6.07, 6.45) is -4.40. The summed E-state index contributed by atoms with van der Waals surface area (Å²) in [6, 6.07) is 5.08. The van der Waals surface area contributed by atoms with Crippen molar-refractivity contribution in [2.45, 2.75) is 31.2 Å². The maximum absolute atomic E-state index is 12.5. The lowest BCUT2D eigenvalue weighted by atomic mass is 9.98. The standard InChI is InChI=1S/C12H13F3O2/c13-12(14,15)9-3-1-2-8(6-9)11-7-10(16)4-5-17-11/h1-3,6,10-11,16H,4-5,7H2. The highest BCUT2D eigenvalue weighted by Gasteiger charge is 2.31. The zero-order valence-electron chi connectivity index (χ0n) is 9.07. The second-order valence-corrected chi connectivity index (χ2v) is 4.16. The van der Waals surface area contributed by atoms with E-state index in [-0.39, 0.29) is 0 Å². The molecule has 1 aliphatic heterocycles. The Morgan fingerprint density at radius 3 is 2.71 bits per heavy atom. The molecular weight excluding hydrogens is 233 g/mol. The van der Waals surface area contributed by atoms with E-state index in [1.807, 2.05) is 0 Å². The van der Waals surface area contributed by atoms with Crippen LogP contribution in [0.25, 0.3) is 0 Å². The fourth-order valence-electron chi connectivity index (χ4n) is 1.93. The van der Waals surface area contributed by atoms with Gasteiger partial charge in [0.05, 0.1) is 17.8 Å². The Morgan fingerprint density at radius 1 is 1.29 bits per heavy atom. The summed E-state index contributed by atoms with van der Waals surface area (Å²) in [5.41, 5.74) is -0.211. The second-order valence-electron chi connectivity index (χ2n) is 4.16. The van der Waals surface area contributed by atoms with E-state index in [4.69, 9.17) is 4.74 Å². The van der Waals surface area contributed by atoms with Crippen LogP contribution in [0.1, 0.15) is 30.1 Å². The topological polar surface area (TPSA) is 29.5 Å². The van der Waals surface area contributed by atoms with E-state index in [0.717, 1.165) is 12.1 Å². The van der Waals surface area contributed by atoms with E-state index >= 15 is 0 Å².